The van der Waals surface area contributed by atoms with Crippen LogP contribution in [-0.2, 0) is 6.42 Å². The molecule has 1 unspecified atom stereocenters. The van der Waals surface area contributed by atoms with E-state index in [1.54, 1.807) is 0 Å². The Morgan fingerprint density at radius 1 is 1.17 bits per heavy atom. The van der Waals surface area contributed by atoms with Gasteiger partial charge in [0.05, 0.1) is 6.10 Å². The van der Waals surface area contributed by atoms with Crippen molar-refractivity contribution in [1.82, 2.24) is 0 Å². The monoisotopic (exact) mass is 254 g/mol. The van der Waals surface area contributed by atoms with Crippen molar-refractivity contribution in [2.24, 2.45) is 5.92 Å². The normalized spacial score (nSPS) is 21.7. The summed E-state index contributed by atoms with van der Waals surface area (Å²) in [7, 11) is 0. The molecule has 0 amide bonds. The summed E-state index contributed by atoms with van der Waals surface area (Å²) in [4.78, 5) is 0. The van der Waals surface area contributed by atoms with Crippen molar-refractivity contribution in [1.29, 1.82) is 0 Å². The Morgan fingerprint density at radius 2 is 1.78 bits per heavy atom. The molecular weight excluding hydrogens is 234 g/mol. The van der Waals surface area contributed by atoms with E-state index in [1.165, 1.54) is 5.56 Å². The first-order chi connectivity index (χ1) is 8.57. The molecule has 1 nitrogen and oxygen atoms in total. The molecule has 0 saturated heterocycles. The van der Waals surface area contributed by atoms with Gasteiger partial charge in [-0.1, -0.05) is 30.3 Å². The minimum absolute atomic E-state index is 0.0494. The van der Waals surface area contributed by atoms with E-state index in [0.29, 0.717) is 19.3 Å². The Kier molecular flexibility index (Phi) is 4.33. The molecule has 3 heteroatoms. The van der Waals surface area contributed by atoms with Crippen LogP contribution in [0.4, 0.5) is 8.78 Å². The third kappa shape index (κ3) is 3.77. The van der Waals surface area contributed by atoms with E-state index in [0.717, 1.165) is 6.42 Å². The van der Waals surface area contributed by atoms with Crippen molar-refractivity contribution >= 4 is 0 Å². The van der Waals surface area contributed by atoms with Crippen LogP contribution < -0.4 is 0 Å². The van der Waals surface area contributed by atoms with Crippen LogP contribution in [0.3, 0.4) is 0 Å². The topological polar surface area (TPSA) is 20.2 Å². The lowest BCUT2D eigenvalue weighted by Crippen LogP contribution is -2.31. The number of benzene rings is 1. The summed E-state index contributed by atoms with van der Waals surface area (Å²) in [6.07, 6.45) is 1.79. The second-order valence-corrected chi connectivity index (χ2v) is 5.29. The highest BCUT2D eigenvalue weighted by molar-refractivity contribution is 5.14. The lowest BCUT2D eigenvalue weighted by atomic mass is 9.81. The molecule has 0 heterocycles. The SMILES string of the molecule is OC(CCc1ccccc1)C1CCC(F)(F)CC1. The average molecular weight is 254 g/mol. The van der Waals surface area contributed by atoms with Gasteiger partial charge < -0.3 is 5.11 Å². The maximum atomic E-state index is 13.0. The molecule has 0 aromatic heterocycles. The Hall–Kier alpha value is -0.960. The predicted octanol–water partition coefficient (Wildman–Crippen LogP) is 3.81. The summed E-state index contributed by atoms with van der Waals surface area (Å²) in [5, 5.41) is 10.1. The maximum absolute atomic E-state index is 13.0. The zero-order valence-corrected chi connectivity index (χ0v) is 10.5. The van der Waals surface area contributed by atoms with Gasteiger partial charge in [0, 0.05) is 12.8 Å². The van der Waals surface area contributed by atoms with Gasteiger partial charge in [0.15, 0.2) is 0 Å². The van der Waals surface area contributed by atoms with Gasteiger partial charge in [-0.05, 0) is 37.2 Å². The summed E-state index contributed by atoms with van der Waals surface area (Å²) >= 11 is 0. The lowest BCUT2D eigenvalue weighted by molar-refractivity contribution is -0.0629. The van der Waals surface area contributed by atoms with E-state index in [-0.39, 0.29) is 18.8 Å². The van der Waals surface area contributed by atoms with Gasteiger partial charge >= 0.3 is 0 Å². The Morgan fingerprint density at radius 3 is 2.39 bits per heavy atom. The fraction of sp³-hybridized carbons (Fsp3) is 0.600. The van der Waals surface area contributed by atoms with E-state index in [9.17, 15) is 13.9 Å². The van der Waals surface area contributed by atoms with Crippen LogP contribution in [0.25, 0.3) is 0 Å². The van der Waals surface area contributed by atoms with Crippen LogP contribution in [0.2, 0.25) is 0 Å². The highest BCUT2D eigenvalue weighted by Gasteiger charge is 2.36. The summed E-state index contributed by atoms with van der Waals surface area (Å²) in [5.41, 5.74) is 1.19. The van der Waals surface area contributed by atoms with Crippen LogP contribution in [0.1, 0.15) is 37.7 Å². The lowest BCUT2D eigenvalue weighted by Gasteiger charge is -2.31. The molecule has 0 radical (unpaired) electrons. The van der Waals surface area contributed by atoms with Gasteiger partial charge in [-0.25, -0.2) is 8.78 Å². The minimum Gasteiger partial charge on any atom is -0.393 e. The van der Waals surface area contributed by atoms with Crippen LogP contribution in [0.15, 0.2) is 30.3 Å². The van der Waals surface area contributed by atoms with Gasteiger partial charge in [-0.15, -0.1) is 0 Å². The highest BCUT2D eigenvalue weighted by Crippen LogP contribution is 2.38. The van der Waals surface area contributed by atoms with Crippen LogP contribution >= 0.6 is 0 Å². The van der Waals surface area contributed by atoms with Crippen LogP contribution in [-0.4, -0.2) is 17.1 Å². The third-order valence-electron chi connectivity index (χ3n) is 3.88. The molecule has 18 heavy (non-hydrogen) atoms. The second-order valence-electron chi connectivity index (χ2n) is 5.29. The quantitative estimate of drug-likeness (QED) is 0.866. The van der Waals surface area contributed by atoms with Crippen molar-refractivity contribution < 1.29 is 13.9 Å². The molecule has 0 spiro atoms. The zero-order chi connectivity index (χ0) is 13.0. The fourth-order valence-electron chi connectivity index (χ4n) is 2.64. The van der Waals surface area contributed by atoms with E-state index >= 15 is 0 Å². The average Bonchev–Trinajstić information content (AvgIpc) is 2.37. The zero-order valence-electron chi connectivity index (χ0n) is 10.5. The van der Waals surface area contributed by atoms with Crippen LogP contribution in [0.5, 0.6) is 0 Å². The standard InChI is InChI=1S/C15H20F2O/c16-15(17)10-8-13(9-11-15)14(18)7-6-12-4-2-1-3-5-12/h1-5,13-14,18H,6-11H2. The van der Waals surface area contributed by atoms with E-state index in [2.05, 4.69) is 0 Å². The highest BCUT2D eigenvalue weighted by atomic mass is 19.3. The van der Waals surface area contributed by atoms with E-state index in [1.807, 2.05) is 30.3 Å². The van der Waals surface area contributed by atoms with Crippen molar-refractivity contribution in [2.75, 3.05) is 0 Å². The molecule has 1 saturated carbocycles. The van der Waals surface area contributed by atoms with E-state index in [4.69, 9.17) is 0 Å². The van der Waals surface area contributed by atoms with Crippen molar-refractivity contribution in [2.45, 2.75) is 50.6 Å². The first kappa shape index (κ1) is 13.5. The number of halogens is 2. The maximum Gasteiger partial charge on any atom is 0.248 e. The minimum atomic E-state index is -2.50. The summed E-state index contributed by atoms with van der Waals surface area (Å²) in [6, 6.07) is 9.97. The number of aliphatic hydroxyl groups excluding tert-OH is 1. The summed E-state index contributed by atoms with van der Waals surface area (Å²) < 4.78 is 26.0. The number of aryl methyl sites for hydroxylation is 1. The molecule has 0 bridgehead atoms. The molecule has 1 aromatic rings. The third-order valence-corrected chi connectivity index (χ3v) is 3.88. The fourth-order valence-corrected chi connectivity index (χ4v) is 2.64. The number of alkyl halides is 2. The number of aliphatic hydroxyl groups is 1. The van der Waals surface area contributed by atoms with Gasteiger partial charge in [0.25, 0.3) is 0 Å². The molecule has 0 aliphatic heterocycles. The molecule has 100 valence electrons. The first-order valence-electron chi connectivity index (χ1n) is 6.67. The number of hydrogen-bond donors (Lipinski definition) is 1. The number of hydrogen-bond acceptors (Lipinski definition) is 1. The van der Waals surface area contributed by atoms with E-state index < -0.39 is 12.0 Å². The summed E-state index contributed by atoms with van der Waals surface area (Å²) in [6.45, 7) is 0. The Bertz CT molecular complexity index is 354. The number of rotatable bonds is 4. The largest absolute Gasteiger partial charge is 0.393 e. The van der Waals surface area contributed by atoms with Crippen molar-refractivity contribution in [3.05, 3.63) is 35.9 Å². The summed E-state index contributed by atoms with van der Waals surface area (Å²) in [5.74, 6) is -2.45. The van der Waals surface area contributed by atoms with Crippen molar-refractivity contribution in [3.63, 3.8) is 0 Å². The van der Waals surface area contributed by atoms with Gasteiger partial charge in [-0.2, -0.15) is 0 Å². The van der Waals surface area contributed by atoms with Gasteiger partial charge in [0.2, 0.25) is 5.92 Å². The van der Waals surface area contributed by atoms with Gasteiger partial charge in [0.1, 0.15) is 0 Å². The molecule has 1 aromatic carbocycles. The molecule has 1 atom stereocenters. The Labute approximate surface area is 107 Å². The second kappa shape index (κ2) is 5.79. The molecule has 2 rings (SSSR count). The van der Waals surface area contributed by atoms with Gasteiger partial charge in [-0.3, -0.25) is 0 Å². The Balaban J connectivity index is 1.77. The van der Waals surface area contributed by atoms with Crippen LogP contribution in [0, 0.1) is 5.92 Å². The smallest absolute Gasteiger partial charge is 0.248 e. The predicted molar refractivity (Wildman–Crippen MR) is 67.7 cm³/mol. The molecule has 1 aliphatic carbocycles. The molecule has 1 N–H and O–H groups in total. The molecule has 1 fully saturated rings. The molecular formula is C15H20F2O. The first-order valence-corrected chi connectivity index (χ1v) is 6.67. The molecule has 1 aliphatic rings. The van der Waals surface area contributed by atoms with Crippen molar-refractivity contribution in [3.8, 4) is 0 Å².